The number of rotatable bonds is 3. The Hall–Kier alpha value is -1.46. The molecule has 0 aromatic heterocycles. The third-order valence-electron chi connectivity index (χ3n) is 4.53. The van der Waals surface area contributed by atoms with Crippen LogP contribution in [-0.2, 0) is 4.79 Å². The maximum atomic E-state index is 13.3. The fraction of sp³-hybridized carbons (Fsp3) is 0.562. The van der Waals surface area contributed by atoms with E-state index in [0.717, 1.165) is 38.2 Å². The van der Waals surface area contributed by atoms with Crippen LogP contribution >= 0.6 is 0 Å². The minimum atomic E-state index is -0.182. The van der Waals surface area contributed by atoms with Gasteiger partial charge in [-0.1, -0.05) is 6.07 Å². The molecule has 2 fully saturated rings. The third-order valence-corrected chi connectivity index (χ3v) is 4.53. The Labute approximate surface area is 124 Å². The number of piperazine rings is 1. The van der Waals surface area contributed by atoms with E-state index >= 15 is 0 Å². The van der Waals surface area contributed by atoms with E-state index in [9.17, 15) is 9.18 Å². The van der Waals surface area contributed by atoms with Crippen LogP contribution in [0.3, 0.4) is 0 Å². The van der Waals surface area contributed by atoms with Crippen LogP contribution in [-0.4, -0.2) is 43.5 Å². The zero-order valence-electron chi connectivity index (χ0n) is 12.4. The van der Waals surface area contributed by atoms with Gasteiger partial charge in [-0.25, -0.2) is 4.39 Å². The Morgan fingerprint density at radius 2 is 2.24 bits per heavy atom. The SMILES string of the molecule is Cc1cc(F)ccc1[C@@H]1NCC[C@H]1CN1CCNC(=O)C1. The summed E-state index contributed by atoms with van der Waals surface area (Å²) in [6.07, 6.45) is 1.10. The van der Waals surface area contributed by atoms with Gasteiger partial charge in [-0.05, 0) is 49.1 Å². The highest BCUT2D eigenvalue weighted by Crippen LogP contribution is 2.32. The van der Waals surface area contributed by atoms with Crippen molar-refractivity contribution in [2.75, 3.05) is 32.7 Å². The zero-order chi connectivity index (χ0) is 14.8. The summed E-state index contributed by atoms with van der Waals surface area (Å²) in [5.41, 5.74) is 2.18. The first-order valence-corrected chi connectivity index (χ1v) is 7.62. The molecule has 5 heteroatoms. The topological polar surface area (TPSA) is 44.4 Å². The summed E-state index contributed by atoms with van der Waals surface area (Å²) in [5, 5.41) is 6.39. The van der Waals surface area contributed by atoms with Crippen LogP contribution in [0.4, 0.5) is 4.39 Å². The lowest BCUT2D eigenvalue weighted by Gasteiger charge is -2.31. The number of amides is 1. The predicted octanol–water partition coefficient (Wildman–Crippen LogP) is 1.22. The molecule has 0 spiro atoms. The molecule has 114 valence electrons. The lowest BCUT2D eigenvalue weighted by atomic mass is 9.91. The van der Waals surface area contributed by atoms with E-state index in [2.05, 4.69) is 15.5 Å². The summed E-state index contributed by atoms with van der Waals surface area (Å²) in [5.74, 6) is 0.403. The minimum absolute atomic E-state index is 0.113. The van der Waals surface area contributed by atoms with Crippen LogP contribution in [0.15, 0.2) is 18.2 Å². The fourth-order valence-corrected chi connectivity index (χ4v) is 3.49. The summed E-state index contributed by atoms with van der Waals surface area (Å²) in [4.78, 5) is 13.7. The van der Waals surface area contributed by atoms with E-state index in [-0.39, 0.29) is 17.8 Å². The van der Waals surface area contributed by atoms with E-state index in [0.29, 0.717) is 12.5 Å². The van der Waals surface area contributed by atoms with E-state index in [1.54, 1.807) is 6.07 Å². The van der Waals surface area contributed by atoms with Gasteiger partial charge in [0, 0.05) is 25.7 Å². The zero-order valence-corrected chi connectivity index (χ0v) is 12.4. The molecule has 0 aliphatic carbocycles. The summed E-state index contributed by atoms with van der Waals surface area (Å²) < 4.78 is 13.3. The molecule has 0 saturated carbocycles. The Morgan fingerprint density at radius 3 is 3.00 bits per heavy atom. The summed E-state index contributed by atoms with van der Waals surface area (Å²) in [6.45, 7) is 6.00. The number of nitrogens with one attached hydrogen (secondary N) is 2. The average molecular weight is 291 g/mol. The molecule has 0 unspecified atom stereocenters. The molecule has 2 heterocycles. The maximum absolute atomic E-state index is 13.3. The van der Waals surface area contributed by atoms with Crippen molar-refractivity contribution in [1.29, 1.82) is 0 Å². The number of hydrogen-bond acceptors (Lipinski definition) is 3. The third kappa shape index (κ3) is 3.24. The quantitative estimate of drug-likeness (QED) is 0.880. The van der Waals surface area contributed by atoms with Crippen LogP contribution < -0.4 is 10.6 Å². The first-order chi connectivity index (χ1) is 10.1. The highest BCUT2D eigenvalue weighted by Gasteiger charge is 2.31. The van der Waals surface area contributed by atoms with Crippen LogP contribution in [0.5, 0.6) is 0 Å². The van der Waals surface area contributed by atoms with E-state index in [1.165, 1.54) is 11.6 Å². The highest BCUT2D eigenvalue weighted by atomic mass is 19.1. The minimum Gasteiger partial charge on any atom is -0.354 e. The molecule has 2 saturated heterocycles. The molecular weight excluding hydrogens is 269 g/mol. The first-order valence-electron chi connectivity index (χ1n) is 7.62. The Balaban J connectivity index is 1.71. The van der Waals surface area contributed by atoms with E-state index in [4.69, 9.17) is 0 Å². The smallest absolute Gasteiger partial charge is 0.234 e. The predicted molar refractivity (Wildman–Crippen MR) is 79.4 cm³/mol. The molecule has 0 radical (unpaired) electrons. The molecular formula is C16H22FN3O. The molecule has 1 aromatic rings. The van der Waals surface area contributed by atoms with Gasteiger partial charge in [-0.2, -0.15) is 0 Å². The monoisotopic (exact) mass is 291 g/mol. The molecule has 3 rings (SSSR count). The molecule has 1 amide bonds. The Kier molecular flexibility index (Phi) is 4.22. The Morgan fingerprint density at radius 1 is 1.38 bits per heavy atom. The van der Waals surface area contributed by atoms with Crippen molar-refractivity contribution in [3.8, 4) is 0 Å². The van der Waals surface area contributed by atoms with Crippen LogP contribution in [0.1, 0.15) is 23.6 Å². The van der Waals surface area contributed by atoms with Crippen LogP contribution in [0, 0.1) is 18.7 Å². The number of hydrogen-bond donors (Lipinski definition) is 2. The normalized spacial score (nSPS) is 26.9. The lowest BCUT2D eigenvalue weighted by molar-refractivity contribution is -0.124. The summed E-state index contributed by atoms with van der Waals surface area (Å²) in [6, 6.07) is 5.29. The molecule has 0 bridgehead atoms. The van der Waals surface area contributed by atoms with Gasteiger partial charge in [0.15, 0.2) is 0 Å². The lowest BCUT2D eigenvalue weighted by Crippen LogP contribution is -2.49. The van der Waals surface area contributed by atoms with Crippen molar-refractivity contribution in [2.24, 2.45) is 5.92 Å². The van der Waals surface area contributed by atoms with Gasteiger partial charge in [0.1, 0.15) is 5.82 Å². The Bertz CT molecular complexity index is 534. The second-order valence-corrected chi connectivity index (χ2v) is 6.07. The number of carbonyl (C=O) groups excluding carboxylic acids is 1. The van der Waals surface area contributed by atoms with Gasteiger partial charge in [0.05, 0.1) is 6.54 Å². The van der Waals surface area contributed by atoms with Crippen molar-refractivity contribution >= 4 is 5.91 Å². The van der Waals surface area contributed by atoms with Gasteiger partial charge < -0.3 is 10.6 Å². The van der Waals surface area contributed by atoms with Crippen molar-refractivity contribution in [1.82, 2.24) is 15.5 Å². The maximum Gasteiger partial charge on any atom is 0.234 e. The standard InChI is InChI=1S/C16H22FN3O/c1-11-8-13(17)2-3-14(11)16-12(4-5-19-16)9-20-7-6-18-15(21)10-20/h2-3,8,12,16,19H,4-7,9-10H2,1H3,(H,18,21)/t12-,16+/m0/s1. The summed E-state index contributed by atoms with van der Waals surface area (Å²) >= 11 is 0. The van der Waals surface area contributed by atoms with E-state index in [1.807, 2.05) is 13.0 Å². The largest absolute Gasteiger partial charge is 0.354 e. The summed E-state index contributed by atoms with van der Waals surface area (Å²) in [7, 11) is 0. The van der Waals surface area contributed by atoms with Gasteiger partial charge >= 0.3 is 0 Å². The molecule has 4 nitrogen and oxygen atoms in total. The number of aryl methyl sites for hydroxylation is 1. The average Bonchev–Trinajstić information content (AvgIpc) is 2.87. The highest BCUT2D eigenvalue weighted by molar-refractivity contribution is 5.78. The number of halogens is 1. The van der Waals surface area contributed by atoms with Gasteiger partial charge in [-0.3, -0.25) is 9.69 Å². The van der Waals surface area contributed by atoms with Gasteiger partial charge in [0.2, 0.25) is 5.91 Å². The number of benzene rings is 1. The second-order valence-electron chi connectivity index (χ2n) is 6.07. The van der Waals surface area contributed by atoms with Crippen molar-refractivity contribution in [3.63, 3.8) is 0 Å². The van der Waals surface area contributed by atoms with E-state index < -0.39 is 0 Å². The van der Waals surface area contributed by atoms with Crippen LogP contribution in [0.25, 0.3) is 0 Å². The first kappa shape index (κ1) is 14.5. The van der Waals surface area contributed by atoms with Crippen molar-refractivity contribution in [2.45, 2.75) is 19.4 Å². The van der Waals surface area contributed by atoms with Crippen molar-refractivity contribution in [3.05, 3.63) is 35.1 Å². The molecule has 2 aliphatic heterocycles. The molecule has 2 atom stereocenters. The molecule has 2 N–H and O–H groups in total. The second kappa shape index (κ2) is 6.12. The fourth-order valence-electron chi connectivity index (χ4n) is 3.49. The molecule has 21 heavy (non-hydrogen) atoms. The molecule has 1 aromatic carbocycles. The van der Waals surface area contributed by atoms with Gasteiger partial charge in [-0.15, -0.1) is 0 Å². The van der Waals surface area contributed by atoms with Gasteiger partial charge in [0.25, 0.3) is 0 Å². The molecule has 2 aliphatic rings. The number of nitrogens with zero attached hydrogens (tertiary/aromatic N) is 1. The van der Waals surface area contributed by atoms with Crippen molar-refractivity contribution < 1.29 is 9.18 Å². The number of carbonyl (C=O) groups is 1. The van der Waals surface area contributed by atoms with Crippen LogP contribution in [0.2, 0.25) is 0 Å².